The summed E-state index contributed by atoms with van der Waals surface area (Å²) in [4.78, 5) is 8.08. The van der Waals surface area contributed by atoms with Gasteiger partial charge in [-0.2, -0.15) is 0 Å². The van der Waals surface area contributed by atoms with E-state index in [9.17, 15) is 0 Å². The normalized spacial score (nSPS) is 14.1. The Labute approximate surface area is 115 Å². The van der Waals surface area contributed by atoms with Gasteiger partial charge in [-0.05, 0) is 31.0 Å². The first-order valence-corrected chi connectivity index (χ1v) is 7.04. The van der Waals surface area contributed by atoms with Gasteiger partial charge in [-0.3, -0.25) is 0 Å². The molecule has 3 heteroatoms. The zero-order valence-corrected chi connectivity index (χ0v) is 12.8. The van der Waals surface area contributed by atoms with Gasteiger partial charge < -0.3 is 10.3 Å². The number of anilines is 1. The fraction of sp³-hybridized carbons (Fsp3) is 0.562. The van der Waals surface area contributed by atoms with Crippen LogP contribution < -0.4 is 5.32 Å². The summed E-state index contributed by atoms with van der Waals surface area (Å²) in [5.74, 6) is 1.65. The fourth-order valence-corrected chi connectivity index (χ4v) is 1.88. The van der Waals surface area contributed by atoms with Crippen LogP contribution in [0.4, 0.5) is 5.69 Å². The Bertz CT molecular complexity index is 561. The van der Waals surface area contributed by atoms with Gasteiger partial charge in [0.25, 0.3) is 0 Å². The highest BCUT2D eigenvalue weighted by molar-refractivity contribution is 5.79. The van der Waals surface area contributed by atoms with Crippen molar-refractivity contribution < 1.29 is 0 Å². The van der Waals surface area contributed by atoms with E-state index in [4.69, 9.17) is 0 Å². The van der Waals surface area contributed by atoms with E-state index < -0.39 is 0 Å². The lowest BCUT2D eigenvalue weighted by atomic mass is 9.96. The van der Waals surface area contributed by atoms with Gasteiger partial charge in [-0.1, -0.05) is 34.6 Å². The number of rotatable bonds is 3. The first kappa shape index (κ1) is 13.9. The molecule has 0 aliphatic rings. The molecule has 0 fully saturated rings. The van der Waals surface area contributed by atoms with E-state index in [0.717, 1.165) is 22.5 Å². The van der Waals surface area contributed by atoms with E-state index in [1.165, 1.54) is 0 Å². The number of aromatic amines is 1. The van der Waals surface area contributed by atoms with E-state index in [2.05, 4.69) is 75.0 Å². The number of benzene rings is 1. The molecule has 0 spiro atoms. The summed E-state index contributed by atoms with van der Waals surface area (Å²) < 4.78 is 0. The molecular formula is C16H25N3. The van der Waals surface area contributed by atoms with Crippen molar-refractivity contribution in [1.82, 2.24) is 9.97 Å². The highest BCUT2D eigenvalue weighted by Crippen LogP contribution is 2.24. The zero-order valence-electron chi connectivity index (χ0n) is 12.8. The van der Waals surface area contributed by atoms with Crippen molar-refractivity contribution in [3.05, 3.63) is 24.0 Å². The van der Waals surface area contributed by atoms with Crippen LogP contribution in [0.3, 0.4) is 0 Å². The standard InChI is InChI=1S/C16H25N3/c1-10(2)11(3)17-12-7-8-13-14(9-12)19-15(18-13)16(4,5)6/h7-11,17H,1-6H3,(H,18,19). The maximum absolute atomic E-state index is 4.66. The van der Waals surface area contributed by atoms with Crippen molar-refractivity contribution in [2.75, 3.05) is 5.32 Å². The Morgan fingerprint density at radius 1 is 1.16 bits per heavy atom. The van der Waals surface area contributed by atoms with Crippen LogP contribution >= 0.6 is 0 Å². The van der Waals surface area contributed by atoms with E-state index in [1.54, 1.807) is 0 Å². The number of fused-ring (bicyclic) bond motifs is 1. The lowest BCUT2D eigenvalue weighted by molar-refractivity contribution is 0.554. The molecule has 3 nitrogen and oxygen atoms in total. The topological polar surface area (TPSA) is 40.7 Å². The Kier molecular flexibility index (Phi) is 3.57. The zero-order chi connectivity index (χ0) is 14.2. The Hall–Kier alpha value is -1.51. The maximum Gasteiger partial charge on any atom is 0.112 e. The molecule has 0 radical (unpaired) electrons. The Morgan fingerprint density at radius 3 is 2.42 bits per heavy atom. The van der Waals surface area contributed by atoms with E-state index in [0.29, 0.717) is 12.0 Å². The number of nitrogens with zero attached hydrogens (tertiary/aromatic N) is 1. The van der Waals surface area contributed by atoms with Crippen molar-refractivity contribution in [1.29, 1.82) is 0 Å². The molecule has 0 aliphatic carbocycles. The van der Waals surface area contributed by atoms with Crippen molar-refractivity contribution in [2.45, 2.75) is 53.0 Å². The molecule has 1 aromatic carbocycles. The summed E-state index contributed by atoms with van der Waals surface area (Å²) >= 11 is 0. The molecule has 0 bridgehead atoms. The summed E-state index contributed by atoms with van der Waals surface area (Å²) in [6, 6.07) is 6.80. The summed E-state index contributed by atoms with van der Waals surface area (Å²) in [5, 5.41) is 3.53. The summed E-state index contributed by atoms with van der Waals surface area (Å²) in [6.45, 7) is 13.2. The number of hydrogen-bond acceptors (Lipinski definition) is 2. The van der Waals surface area contributed by atoms with Gasteiger partial charge in [0.15, 0.2) is 0 Å². The average Bonchev–Trinajstić information content (AvgIpc) is 2.71. The molecule has 104 valence electrons. The van der Waals surface area contributed by atoms with Gasteiger partial charge in [-0.25, -0.2) is 4.98 Å². The molecule has 1 atom stereocenters. The molecule has 0 saturated heterocycles. The smallest absolute Gasteiger partial charge is 0.112 e. The molecule has 1 unspecified atom stereocenters. The summed E-state index contributed by atoms with van der Waals surface area (Å²) in [7, 11) is 0. The second kappa shape index (κ2) is 4.87. The van der Waals surface area contributed by atoms with Crippen LogP contribution in [0.1, 0.15) is 47.4 Å². The van der Waals surface area contributed by atoms with Crippen LogP contribution in [0.25, 0.3) is 11.0 Å². The first-order valence-electron chi connectivity index (χ1n) is 7.04. The summed E-state index contributed by atoms with van der Waals surface area (Å²) in [5.41, 5.74) is 3.34. The highest BCUT2D eigenvalue weighted by Gasteiger charge is 2.18. The third-order valence-electron chi connectivity index (χ3n) is 3.59. The molecular weight excluding hydrogens is 234 g/mol. The second-order valence-electron chi connectivity index (χ2n) is 6.74. The average molecular weight is 259 g/mol. The SMILES string of the molecule is CC(C)C(C)Nc1ccc2nc(C(C)(C)C)[nH]c2c1. The summed E-state index contributed by atoms with van der Waals surface area (Å²) in [6.07, 6.45) is 0. The fourth-order valence-electron chi connectivity index (χ4n) is 1.88. The number of hydrogen-bond donors (Lipinski definition) is 2. The second-order valence-corrected chi connectivity index (χ2v) is 6.74. The quantitative estimate of drug-likeness (QED) is 0.862. The molecule has 1 aromatic heterocycles. The predicted molar refractivity (Wildman–Crippen MR) is 82.7 cm³/mol. The van der Waals surface area contributed by atoms with Gasteiger partial charge in [0.2, 0.25) is 0 Å². The van der Waals surface area contributed by atoms with Crippen molar-refractivity contribution in [3.8, 4) is 0 Å². The third-order valence-corrected chi connectivity index (χ3v) is 3.59. The van der Waals surface area contributed by atoms with Gasteiger partial charge in [0.05, 0.1) is 11.0 Å². The highest BCUT2D eigenvalue weighted by atomic mass is 15.0. The monoisotopic (exact) mass is 259 g/mol. The minimum atomic E-state index is 0.0534. The third kappa shape index (κ3) is 3.09. The molecule has 19 heavy (non-hydrogen) atoms. The van der Waals surface area contributed by atoms with Gasteiger partial charge in [-0.15, -0.1) is 0 Å². The number of nitrogens with one attached hydrogen (secondary N) is 2. The molecule has 0 aliphatic heterocycles. The van der Waals surface area contributed by atoms with Crippen molar-refractivity contribution in [3.63, 3.8) is 0 Å². The predicted octanol–water partition coefficient (Wildman–Crippen LogP) is 4.32. The minimum Gasteiger partial charge on any atom is -0.382 e. The van der Waals surface area contributed by atoms with Crippen LogP contribution in [0.15, 0.2) is 18.2 Å². The number of imidazole rings is 1. The molecule has 2 rings (SSSR count). The van der Waals surface area contributed by atoms with Crippen molar-refractivity contribution >= 4 is 16.7 Å². The molecule has 1 heterocycles. The molecule has 0 amide bonds. The van der Waals surface area contributed by atoms with Gasteiger partial charge in [0.1, 0.15) is 5.82 Å². The lowest BCUT2D eigenvalue weighted by Crippen LogP contribution is -2.21. The Morgan fingerprint density at radius 2 is 1.84 bits per heavy atom. The van der Waals surface area contributed by atoms with Crippen LogP contribution in [0.5, 0.6) is 0 Å². The minimum absolute atomic E-state index is 0.0534. The van der Waals surface area contributed by atoms with Crippen LogP contribution in [0, 0.1) is 5.92 Å². The van der Waals surface area contributed by atoms with E-state index in [-0.39, 0.29) is 5.41 Å². The molecule has 0 saturated carbocycles. The van der Waals surface area contributed by atoms with Gasteiger partial charge in [0, 0.05) is 17.1 Å². The number of aromatic nitrogens is 2. The van der Waals surface area contributed by atoms with E-state index >= 15 is 0 Å². The first-order chi connectivity index (χ1) is 8.77. The van der Waals surface area contributed by atoms with E-state index in [1.807, 2.05) is 0 Å². The van der Waals surface area contributed by atoms with Crippen LogP contribution in [0.2, 0.25) is 0 Å². The maximum atomic E-state index is 4.66. The van der Waals surface area contributed by atoms with Crippen molar-refractivity contribution in [2.24, 2.45) is 5.92 Å². The van der Waals surface area contributed by atoms with Gasteiger partial charge >= 0.3 is 0 Å². The van der Waals surface area contributed by atoms with Crippen LogP contribution in [-0.2, 0) is 5.41 Å². The Balaban J connectivity index is 2.30. The lowest BCUT2D eigenvalue weighted by Gasteiger charge is -2.18. The molecule has 2 aromatic rings. The van der Waals surface area contributed by atoms with Crippen LogP contribution in [-0.4, -0.2) is 16.0 Å². The number of H-pyrrole nitrogens is 1. The molecule has 2 N–H and O–H groups in total. The largest absolute Gasteiger partial charge is 0.382 e.